The molecular formula is C28H29N5O4. The Kier molecular flexibility index (Phi) is 5.70. The minimum atomic E-state index is -0.944. The van der Waals surface area contributed by atoms with Gasteiger partial charge in [-0.15, -0.1) is 0 Å². The summed E-state index contributed by atoms with van der Waals surface area (Å²) in [6.45, 7) is 4.37. The van der Waals surface area contributed by atoms with E-state index in [1.165, 1.54) is 0 Å². The van der Waals surface area contributed by atoms with E-state index in [9.17, 15) is 14.4 Å². The maximum absolute atomic E-state index is 13.7. The fourth-order valence-electron chi connectivity index (χ4n) is 5.80. The first kappa shape index (κ1) is 23.3. The Balaban J connectivity index is 1.29. The van der Waals surface area contributed by atoms with Crippen LogP contribution in [0.4, 0.5) is 5.69 Å². The lowest BCUT2D eigenvalue weighted by Crippen LogP contribution is -2.49. The Morgan fingerprint density at radius 1 is 1.00 bits per heavy atom. The van der Waals surface area contributed by atoms with Gasteiger partial charge >= 0.3 is 5.97 Å². The van der Waals surface area contributed by atoms with Crippen LogP contribution >= 0.6 is 0 Å². The number of carbonyl (C=O) groups excluding carboxylic acids is 1. The number of aromatic amines is 1. The lowest BCUT2D eigenvalue weighted by Gasteiger charge is -2.36. The number of aromatic carboxylic acids is 1. The zero-order valence-corrected chi connectivity index (χ0v) is 20.7. The second kappa shape index (κ2) is 9.06. The summed E-state index contributed by atoms with van der Waals surface area (Å²) >= 11 is 0. The average Bonchev–Trinajstić information content (AvgIpc) is 3.59. The molecule has 0 atom stereocenters. The number of piperazine rings is 1. The summed E-state index contributed by atoms with van der Waals surface area (Å²) in [4.78, 5) is 44.6. The van der Waals surface area contributed by atoms with Crippen molar-refractivity contribution in [2.24, 2.45) is 0 Å². The molecule has 9 heteroatoms. The van der Waals surface area contributed by atoms with Crippen molar-refractivity contribution in [1.82, 2.24) is 19.7 Å². The number of hydrogen-bond acceptors (Lipinski definition) is 5. The summed E-state index contributed by atoms with van der Waals surface area (Å²) in [5, 5.41) is 15.1. The van der Waals surface area contributed by atoms with Gasteiger partial charge in [-0.2, -0.15) is 5.10 Å². The normalized spacial score (nSPS) is 16.7. The molecule has 1 aliphatic carbocycles. The molecule has 2 aromatic heterocycles. The number of nitrogens with zero attached hydrogens (tertiary/aromatic N) is 4. The molecular weight excluding hydrogens is 470 g/mol. The highest BCUT2D eigenvalue weighted by molar-refractivity contribution is 6.07. The van der Waals surface area contributed by atoms with Gasteiger partial charge in [0.1, 0.15) is 0 Å². The van der Waals surface area contributed by atoms with Crippen molar-refractivity contribution < 1.29 is 14.7 Å². The molecule has 1 saturated heterocycles. The van der Waals surface area contributed by atoms with Gasteiger partial charge in [0.15, 0.2) is 0 Å². The predicted octanol–water partition coefficient (Wildman–Crippen LogP) is 3.96. The summed E-state index contributed by atoms with van der Waals surface area (Å²) in [5.74, 6) is -0.966. The van der Waals surface area contributed by atoms with Crippen LogP contribution in [0.5, 0.6) is 0 Å². The van der Waals surface area contributed by atoms with Gasteiger partial charge in [-0.25, -0.2) is 4.79 Å². The molecule has 3 heterocycles. The highest BCUT2D eigenvalue weighted by Crippen LogP contribution is 2.34. The van der Waals surface area contributed by atoms with E-state index in [1.807, 2.05) is 40.8 Å². The van der Waals surface area contributed by atoms with E-state index >= 15 is 0 Å². The fraction of sp³-hybridized carbons (Fsp3) is 0.357. The van der Waals surface area contributed by atoms with E-state index in [4.69, 9.17) is 5.11 Å². The van der Waals surface area contributed by atoms with Gasteiger partial charge in [0.05, 0.1) is 34.2 Å². The van der Waals surface area contributed by atoms with Crippen LogP contribution in [0, 0.1) is 6.92 Å². The highest BCUT2D eigenvalue weighted by atomic mass is 16.4. The second-order valence-electron chi connectivity index (χ2n) is 10.1. The number of pyridine rings is 1. The minimum Gasteiger partial charge on any atom is -0.478 e. The molecule has 2 aliphatic rings. The number of aryl methyl sites for hydroxylation is 1. The number of amides is 1. The number of carbonyl (C=O) groups is 2. The number of carboxylic acids is 1. The summed E-state index contributed by atoms with van der Waals surface area (Å²) in [7, 11) is 0. The SMILES string of the molecule is Cc1cc2[nH]c(=O)c3cnn(C4CCCC4)c3c2cc1C(=O)N1CCN(c2ccc(C(=O)O)cc2)CC1. The van der Waals surface area contributed by atoms with Crippen LogP contribution in [-0.2, 0) is 0 Å². The Morgan fingerprint density at radius 2 is 1.70 bits per heavy atom. The number of fused-ring (bicyclic) bond motifs is 3. The van der Waals surface area contributed by atoms with Crippen LogP contribution in [-0.4, -0.2) is 62.8 Å². The number of aromatic nitrogens is 3. The molecule has 0 unspecified atom stereocenters. The third-order valence-electron chi connectivity index (χ3n) is 7.86. The van der Waals surface area contributed by atoms with Crippen molar-refractivity contribution >= 4 is 39.4 Å². The van der Waals surface area contributed by atoms with Crippen LogP contribution in [0.1, 0.15) is 58.0 Å². The van der Waals surface area contributed by atoms with Crippen molar-refractivity contribution in [2.45, 2.75) is 38.6 Å². The molecule has 9 nitrogen and oxygen atoms in total. The molecule has 2 N–H and O–H groups in total. The van der Waals surface area contributed by atoms with Crippen LogP contribution in [0.15, 0.2) is 47.4 Å². The molecule has 2 fully saturated rings. The first-order valence-electron chi connectivity index (χ1n) is 12.8. The second-order valence-corrected chi connectivity index (χ2v) is 10.1. The van der Waals surface area contributed by atoms with E-state index in [-0.39, 0.29) is 23.1 Å². The highest BCUT2D eigenvalue weighted by Gasteiger charge is 2.26. The summed E-state index contributed by atoms with van der Waals surface area (Å²) in [6.07, 6.45) is 6.06. The molecule has 1 amide bonds. The van der Waals surface area contributed by atoms with E-state index in [0.29, 0.717) is 37.1 Å². The Hall–Kier alpha value is -4.14. The first-order chi connectivity index (χ1) is 17.9. The van der Waals surface area contributed by atoms with Crippen molar-refractivity contribution in [2.75, 3.05) is 31.1 Å². The van der Waals surface area contributed by atoms with Crippen LogP contribution in [0.3, 0.4) is 0 Å². The minimum absolute atomic E-state index is 0.0217. The molecule has 1 saturated carbocycles. The molecule has 4 aromatic rings. The number of hydrogen-bond donors (Lipinski definition) is 2. The largest absolute Gasteiger partial charge is 0.478 e. The number of carboxylic acid groups (broad SMARTS) is 1. The maximum Gasteiger partial charge on any atom is 0.335 e. The monoisotopic (exact) mass is 499 g/mol. The topological polar surface area (TPSA) is 112 Å². The van der Waals surface area contributed by atoms with E-state index in [0.717, 1.165) is 53.4 Å². The smallest absolute Gasteiger partial charge is 0.335 e. The van der Waals surface area contributed by atoms with Gasteiger partial charge in [-0.3, -0.25) is 14.3 Å². The van der Waals surface area contributed by atoms with E-state index in [1.54, 1.807) is 18.3 Å². The average molecular weight is 500 g/mol. The predicted molar refractivity (Wildman–Crippen MR) is 142 cm³/mol. The third kappa shape index (κ3) is 4.04. The van der Waals surface area contributed by atoms with Crippen LogP contribution in [0.25, 0.3) is 21.8 Å². The summed E-state index contributed by atoms with van der Waals surface area (Å²) in [6, 6.07) is 10.9. The summed E-state index contributed by atoms with van der Waals surface area (Å²) < 4.78 is 2.00. The summed E-state index contributed by atoms with van der Waals surface area (Å²) in [5.41, 5.74) is 4.05. The molecule has 0 spiro atoms. The number of benzene rings is 2. The zero-order chi connectivity index (χ0) is 25.7. The number of H-pyrrole nitrogens is 1. The van der Waals surface area contributed by atoms with Gasteiger partial charge in [0, 0.05) is 42.8 Å². The van der Waals surface area contributed by atoms with Gasteiger partial charge in [0.2, 0.25) is 0 Å². The van der Waals surface area contributed by atoms with Crippen molar-refractivity contribution in [1.29, 1.82) is 0 Å². The van der Waals surface area contributed by atoms with Gasteiger partial charge in [-0.1, -0.05) is 12.8 Å². The number of rotatable bonds is 4. The number of anilines is 1. The molecule has 0 radical (unpaired) electrons. The van der Waals surface area contributed by atoms with E-state index < -0.39 is 5.97 Å². The van der Waals surface area contributed by atoms with Gasteiger partial charge in [0.25, 0.3) is 11.5 Å². The molecule has 2 aromatic carbocycles. The first-order valence-corrected chi connectivity index (χ1v) is 12.8. The lowest BCUT2D eigenvalue weighted by atomic mass is 10.0. The van der Waals surface area contributed by atoms with Crippen molar-refractivity contribution in [3.05, 3.63) is 69.6 Å². The van der Waals surface area contributed by atoms with Gasteiger partial charge in [-0.05, 0) is 61.7 Å². The molecule has 37 heavy (non-hydrogen) atoms. The maximum atomic E-state index is 13.7. The Bertz CT molecular complexity index is 1570. The quantitative estimate of drug-likeness (QED) is 0.440. The zero-order valence-electron chi connectivity index (χ0n) is 20.7. The molecule has 0 bridgehead atoms. The fourth-order valence-corrected chi connectivity index (χ4v) is 5.80. The number of nitrogens with one attached hydrogen (secondary N) is 1. The van der Waals surface area contributed by atoms with Crippen molar-refractivity contribution in [3.8, 4) is 0 Å². The molecule has 1 aliphatic heterocycles. The van der Waals surface area contributed by atoms with Crippen LogP contribution in [0.2, 0.25) is 0 Å². The lowest BCUT2D eigenvalue weighted by molar-refractivity contribution is 0.0695. The van der Waals surface area contributed by atoms with Crippen LogP contribution < -0.4 is 10.5 Å². The van der Waals surface area contributed by atoms with E-state index in [2.05, 4.69) is 15.0 Å². The molecule has 6 rings (SSSR count). The third-order valence-corrected chi connectivity index (χ3v) is 7.86. The standard InChI is InChI=1S/C28H29N5O4/c1-17-14-24-22(25-23(26(34)30-24)16-29-33(25)20-4-2-3-5-20)15-21(17)27(35)32-12-10-31(11-13-32)19-8-6-18(7-9-19)28(36)37/h6-9,14-16,20H,2-5,10-13H2,1H3,(H,30,34)(H,36,37). The van der Waals surface area contributed by atoms with Gasteiger partial charge < -0.3 is 19.9 Å². The Labute approximate surface area is 213 Å². The van der Waals surface area contributed by atoms with Crippen molar-refractivity contribution in [3.63, 3.8) is 0 Å². The Morgan fingerprint density at radius 3 is 2.38 bits per heavy atom. The molecule has 190 valence electrons.